The third kappa shape index (κ3) is 3.44. The molecule has 1 aliphatic carbocycles. The average molecular weight is 318 g/mol. The number of hydrogen-bond acceptors (Lipinski definition) is 3. The van der Waals surface area contributed by atoms with Crippen LogP contribution in [0.3, 0.4) is 0 Å². The largest absolute Gasteiger partial charge is 0.392 e. The van der Waals surface area contributed by atoms with Crippen LogP contribution in [0, 0.1) is 5.92 Å². The highest BCUT2D eigenvalue weighted by atomic mass is 35.5. The van der Waals surface area contributed by atoms with Crippen molar-refractivity contribution >= 4 is 29.1 Å². The maximum absolute atomic E-state index is 11.9. The normalized spacial score (nSPS) is 23.6. The molecule has 3 N–H and O–H groups in total. The van der Waals surface area contributed by atoms with Crippen molar-refractivity contribution in [2.45, 2.75) is 31.5 Å². The molecule has 3 atom stereocenters. The first-order valence-corrected chi connectivity index (χ1v) is 7.34. The Morgan fingerprint density at radius 2 is 2.00 bits per heavy atom. The number of carbonyl (C=O) groups is 1. The summed E-state index contributed by atoms with van der Waals surface area (Å²) in [5, 5.41) is 23.1. The van der Waals surface area contributed by atoms with Gasteiger partial charge in [0.2, 0.25) is 5.91 Å². The second-order valence-corrected chi connectivity index (χ2v) is 5.82. The number of hydrogen-bond donors (Lipinski definition) is 3. The molecular formula is C14H17Cl2NO3. The van der Waals surface area contributed by atoms with E-state index in [0.717, 1.165) is 6.42 Å². The van der Waals surface area contributed by atoms with Gasteiger partial charge in [0.05, 0.1) is 18.1 Å². The van der Waals surface area contributed by atoms with E-state index in [2.05, 4.69) is 5.32 Å². The summed E-state index contributed by atoms with van der Waals surface area (Å²) < 4.78 is 0. The third-order valence-corrected chi connectivity index (χ3v) is 4.28. The van der Waals surface area contributed by atoms with Crippen LogP contribution in [0.4, 0.5) is 0 Å². The molecule has 0 spiro atoms. The van der Waals surface area contributed by atoms with Gasteiger partial charge in [0, 0.05) is 22.2 Å². The molecule has 20 heavy (non-hydrogen) atoms. The minimum atomic E-state index is -0.973. The Hall–Kier alpha value is -0.810. The van der Waals surface area contributed by atoms with E-state index in [-0.39, 0.29) is 18.4 Å². The lowest BCUT2D eigenvalue weighted by molar-refractivity contribution is -0.128. The Morgan fingerprint density at radius 1 is 1.35 bits per heavy atom. The molecule has 0 saturated heterocycles. The van der Waals surface area contributed by atoms with Crippen molar-refractivity contribution < 1.29 is 15.0 Å². The van der Waals surface area contributed by atoms with Crippen LogP contribution in [-0.4, -0.2) is 28.8 Å². The maximum atomic E-state index is 11.9. The summed E-state index contributed by atoms with van der Waals surface area (Å²) in [6, 6.07) is 4.96. The van der Waals surface area contributed by atoms with E-state index in [1.54, 1.807) is 18.2 Å². The molecule has 1 aromatic rings. The number of benzene rings is 1. The van der Waals surface area contributed by atoms with Crippen molar-refractivity contribution in [3.63, 3.8) is 0 Å². The highest BCUT2D eigenvalue weighted by Gasteiger charge is 2.31. The monoisotopic (exact) mass is 317 g/mol. The zero-order valence-corrected chi connectivity index (χ0v) is 12.4. The van der Waals surface area contributed by atoms with Crippen LogP contribution in [0.1, 0.15) is 30.9 Å². The van der Waals surface area contributed by atoms with Gasteiger partial charge in [0.25, 0.3) is 0 Å². The summed E-state index contributed by atoms with van der Waals surface area (Å²) in [5.74, 6) is -0.624. The van der Waals surface area contributed by atoms with Crippen LogP contribution >= 0.6 is 23.2 Å². The Kier molecular flexibility index (Phi) is 5.27. The number of aliphatic hydroxyl groups excluding tert-OH is 2. The zero-order valence-electron chi connectivity index (χ0n) is 10.9. The van der Waals surface area contributed by atoms with Crippen molar-refractivity contribution in [2.24, 2.45) is 5.92 Å². The standard InChI is InChI=1S/C14H17Cl2NO3/c15-9-4-2-5-10(16)13(9)12(19)7-17-14(20)8-3-1-6-11(8)18/h2,4-5,8,11-12,18-19H,1,3,6-7H2,(H,17,20). The fourth-order valence-corrected chi connectivity index (χ4v) is 3.16. The van der Waals surface area contributed by atoms with Gasteiger partial charge < -0.3 is 15.5 Å². The SMILES string of the molecule is O=C(NCC(O)c1c(Cl)cccc1Cl)C1CCCC1O. The van der Waals surface area contributed by atoms with Gasteiger partial charge in [-0.05, 0) is 31.4 Å². The summed E-state index contributed by atoms with van der Waals surface area (Å²) >= 11 is 12.0. The summed E-state index contributed by atoms with van der Waals surface area (Å²) in [6.45, 7) is 0.0194. The second kappa shape index (κ2) is 6.76. The Labute approximate surface area is 127 Å². The van der Waals surface area contributed by atoms with Crippen LogP contribution in [0.2, 0.25) is 10.0 Å². The lowest BCUT2D eigenvalue weighted by Crippen LogP contribution is -2.37. The molecule has 1 fully saturated rings. The Morgan fingerprint density at radius 3 is 2.55 bits per heavy atom. The molecule has 0 bridgehead atoms. The predicted octanol–water partition coefficient (Wildman–Crippen LogP) is 2.30. The van der Waals surface area contributed by atoms with Crippen molar-refractivity contribution in [3.8, 4) is 0 Å². The predicted molar refractivity (Wildman–Crippen MR) is 77.8 cm³/mol. The first kappa shape index (κ1) is 15.6. The minimum absolute atomic E-state index is 0.0194. The summed E-state index contributed by atoms with van der Waals surface area (Å²) in [4.78, 5) is 11.9. The number of nitrogens with one attached hydrogen (secondary N) is 1. The quantitative estimate of drug-likeness (QED) is 0.798. The lowest BCUT2D eigenvalue weighted by Gasteiger charge is -2.18. The van der Waals surface area contributed by atoms with Crippen LogP contribution in [0.5, 0.6) is 0 Å². The van der Waals surface area contributed by atoms with Gasteiger partial charge in [0.15, 0.2) is 0 Å². The van der Waals surface area contributed by atoms with Crippen LogP contribution in [0.15, 0.2) is 18.2 Å². The van der Waals surface area contributed by atoms with Crippen LogP contribution < -0.4 is 5.32 Å². The van der Waals surface area contributed by atoms with Crippen LogP contribution in [0.25, 0.3) is 0 Å². The van der Waals surface area contributed by atoms with Crippen molar-refractivity contribution in [3.05, 3.63) is 33.8 Å². The number of rotatable bonds is 4. The number of carbonyl (C=O) groups excluding carboxylic acids is 1. The summed E-state index contributed by atoms with van der Waals surface area (Å²) in [7, 11) is 0. The van der Waals surface area contributed by atoms with Crippen molar-refractivity contribution in [2.75, 3.05) is 6.54 Å². The van der Waals surface area contributed by atoms with Crippen LogP contribution in [-0.2, 0) is 4.79 Å². The smallest absolute Gasteiger partial charge is 0.225 e. The first-order chi connectivity index (χ1) is 9.50. The molecule has 6 heteroatoms. The maximum Gasteiger partial charge on any atom is 0.225 e. The zero-order chi connectivity index (χ0) is 14.7. The minimum Gasteiger partial charge on any atom is -0.392 e. The number of amides is 1. The molecule has 1 aromatic carbocycles. The molecule has 1 amide bonds. The summed E-state index contributed by atoms with van der Waals surface area (Å²) in [5.41, 5.74) is 0.406. The van der Waals surface area contributed by atoms with E-state index in [0.29, 0.717) is 28.5 Å². The van der Waals surface area contributed by atoms with Gasteiger partial charge in [-0.2, -0.15) is 0 Å². The number of halogens is 2. The lowest BCUT2D eigenvalue weighted by atomic mass is 10.0. The van der Waals surface area contributed by atoms with E-state index < -0.39 is 12.2 Å². The third-order valence-electron chi connectivity index (χ3n) is 3.62. The molecule has 0 radical (unpaired) electrons. The van der Waals surface area contributed by atoms with E-state index in [4.69, 9.17) is 23.2 Å². The molecule has 4 nitrogen and oxygen atoms in total. The van der Waals surface area contributed by atoms with E-state index in [9.17, 15) is 15.0 Å². The second-order valence-electron chi connectivity index (χ2n) is 5.00. The number of aliphatic hydroxyl groups is 2. The molecular weight excluding hydrogens is 301 g/mol. The van der Waals surface area contributed by atoms with Gasteiger partial charge in [-0.25, -0.2) is 0 Å². The molecule has 2 rings (SSSR count). The molecule has 1 saturated carbocycles. The molecule has 1 aliphatic rings. The average Bonchev–Trinajstić information content (AvgIpc) is 2.82. The molecule has 0 aromatic heterocycles. The van der Waals surface area contributed by atoms with E-state index in [1.165, 1.54) is 0 Å². The fourth-order valence-electron chi connectivity index (χ4n) is 2.51. The van der Waals surface area contributed by atoms with E-state index in [1.807, 2.05) is 0 Å². The van der Waals surface area contributed by atoms with Crippen molar-refractivity contribution in [1.29, 1.82) is 0 Å². The topological polar surface area (TPSA) is 69.6 Å². The molecule has 3 unspecified atom stereocenters. The van der Waals surface area contributed by atoms with Crippen molar-refractivity contribution in [1.82, 2.24) is 5.32 Å². The van der Waals surface area contributed by atoms with Gasteiger partial charge in [-0.3, -0.25) is 4.79 Å². The van der Waals surface area contributed by atoms with Gasteiger partial charge >= 0.3 is 0 Å². The van der Waals surface area contributed by atoms with E-state index >= 15 is 0 Å². The summed E-state index contributed by atoms with van der Waals surface area (Å²) in [6.07, 6.45) is 0.611. The Balaban J connectivity index is 1.95. The first-order valence-electron chi connectivity index (χ1n) is 6.58. The molecule has 110 valence electrons. The fraction of sp³-hybridized carbons (Fsp3) is 0.500. The molecule has 0 aliphatic heterocycles. The van der Waals surface area contributed by atoms with Gasteiger partial charge in [-0.15, -0.1) is 0 Å². The Bertz CT molecular complexity index is 475. The van der Waals surface area contributed by atoms with Gasteiger partial charge in [-0.1, -0.05) is 29.3 Å². The molecule has 0 heterocycles. The highest BCUT2D eigenvalue weighted by molar-refractivity contribution is 6.36. The van der Waals surface area contributed by atoms with Gasteiger partial charge in [0.1, 0.15) is 0 Å². The highest BCUT2D eigenvalue weighted by Crippen LogP contribution is 2.30.